The fourth-order valence-electron chi connectivity index (χ4n) is 1.70. The normalized spacial score (nSPS) is 24.7. The van der Waals surface area contributed by atoms with Gasteiger partial charge in [-0.2, -0.15) is 0 Å². The van der Waals surface area contributed by atoms with Crippen molar-refractivity contribution in [2.45, 2.75) is 25.0 Å². The number of ether oxygens (including phenoxy) is 1. The molecule has 15 heavy (non-hydrogen) atoms. The molecule has 2 nitrogen and oxygen atoms in total. The summed E-state index contributed by atoms with van der Waals surface area (Å²) in [6, 6.07) is 5.09. The van der Waals surface area contributed by atoms with E-state index < -0.39 is 0 Å². The molecule has 1 aliphatic carbocycles. The predicted molar refractivity (Wildman–Crippen MR) is 58.9 cm³/mol. The van der Waals surface area contributed by atoms with Gasteiger partial charge in [0.05, 0.1) is 11.1 Å². The van der Waals surface area contributed by atoms with Gasteiger partial charge < -0.3 is 10.1 Å². The highest BCUT2D eigenvalue weighted by Crippen LogP contribution is 2.27. The monoisotopic (exact) mass is 229 g/mol. The van der Waals surface area contributed by atoms with Crippen LogP contribution in [0.25, 0.3) is 0 Å². The standard InChI is InChI=1S/C11H13ClFNO/c1-15-9-4-8(5-9)14-7-2-3-11(13)10(12)6-7/h2-3,6,8-9,14H,4-5H2,1H3. The lowest BCUT2D eigenvalue weighted by atomic mass is 9.89. The zero-order chi connectivity index (χ0) is 10.8. The third-order valence-corrected chi connectivity index (χ3v) is 3.01. The van der Waals surface area contributed by atoms with Crippen molar-refractivity contribution in [3.8, 4) is 0 Å². The first-order chi connectivity index (χ1) is 7.19. The molecule has 1 aliphatic rings. The number of halogens is 2. The minimum absolute atomic E-state index is 0.155. The summed E-state index contributed by atoms with van der Waals surface area (Å²) < 4.78 is 18.0. The first-order valence-corrected chi connectivity index (χ1v) is 5.31. The summed E-state index contributed by atoms with van der Waals surface area (Å²) in [6.07, 6.45) is 2.34. The summed E-state index contributed by atoms with van der Waals surface area (Å²) in [5.41, 5.74) is 0.862. The maximum atomic E-state index is 12.9. The minimum Gasteiger partial charge on any atom is -0.382 e. The van der Waals surface area contributed by atoms with E-state index in [-0.39, 0.29) is 10.8 Å². The van der Waals surface area contributed by atoms with Crippen LogP contribution in [0.15, 0.2) is 18.2 Å². The Kier molecular flexibility index (Phi) is 3.12. The third-order valence-electron chi connectivity index (χ3n) is 2.72. The number of hydrogen-bond acceptors (Lipinski definition) is 2. The molecule has 0 amide bonds. The van der Waals surface area contributed by atoms with Crippen LogP contribution in [0.4, 0.5) is 10.1 Å². The number of rotatable bonds is 3. The van der Waals surface area contributed by atoms with E-state index in [0.717, 1.165) is 18.5 Å². The first kappa shape index (κ1) is 10.7. The van der Waals surface area contributed by atoms with Crippen molar-refractivity contribution in [1.29, 1.82) is 0 Å². The Hall–Kier alpha value is -0.800. The molecule has 0 aliphatic heterocycles. The van der Waals surface area contributed by atoms with E-state index in [1.54, 1.807) is 19.2 Å². The Labute approximate surface area is 93.4 Å². The lowest BCUT2D eigenvalue weighted by Crippen LogP contribution is -2.40. The van der Waals surface area contributed by atoms with E-state index in [2.05, 4.69) is 5.32 Å². The van der Waals surface area contributed by atoms with Crippen molar-refractivity contribution in [2.75, 3.05) is 12.4 Å². The lowest BCUT2D eigenvalue weighted by molar-refractivity contribution is 0.0329. The Balaban J connectivity index is 1.92. The van der Waals surface area contributed by atoms with Crippen LogP contribution in [0.5, 0.6) is 0 Å². The van der Waals surface area contributed by atoms with Gasteiger partial charge in [-0.25, -0.2) is 4.39 Å². The van der Waals surface area contributed by atoms with E-state index in [1.165, 1.54) is 6.07 Å². The average molecular weight is 230 g/mol. The second kappa shape index (κ2) is 4.37. The molecule has 0 spiro atoms. The van der Waals surface area contributed by atoms with Crippen molar-refractivity contribution < 1.29 is 9.13 Å². The van der Waals surface area contributed by atoms with Crippen LogP contribution >= 0.6 is 11.6 Å². The van der Waals surface area contributed by atoms with Gasteiger partial charge in [-0.3, -0.25) is 0 Å². The highest BCUT2D eigenvalue weighted by molar-refractivity contribution is 6.31. The summed E-state index contributed by atoms with van der Waals surface area (Å²) in [6.45, 7) is 0. The largest absolute Gasteiger partial charge is 0.382 e. The van der Waals surface area contributed by atoms with Crippen LogP contribution in [0.2, 0.25) is 5.02 Å². The van der Waals surface area contributed by atoms with E-state index in [0.29, 0.717) is 12.1 Å². The number of anilines is 1. The summed E-state index contributed by atoms with van der Waals surface area (Å²) in [5.74, 6) is -0.384. The second-order valence-corrected chi connectivity index (χ2v) is 4.21. The van der Waals surface area contributed by atoms with Crippen LogP contribution in [0.1, 0.15) is 12.8 Å². The van der Waals surface area contributed by atoms with Crippen molar-refractivity contribution in [3.05, 3.63) is 29.0 Å². The summed E-state index contributed by atoms with van der Waals surface area (Å²) in [4.78, 5) is 0. The molecule has 0 atom stereocenters. The van der Waals surface area contributed by atoms with E-state index in [1.807, 2.05) is 0 Å². The molecule has 82 valence electrons. The zero-order valence-electron chi connectivity index (χ0n) is 8.47. The van der Waals surface area contributed by atoms with Gasteiger partial charge in [0.25, 0.3) is 0 Å². The molecule has 1 fully saturated rings. The van der Waals surface area contributed by atoms with E-state index in [4.69, 9.17) is 16.3 Å². The number of methoxy groups -OCH3 is 1. The third kappa shape index (κ3) is 2.41. The molecule has 1 saturated carbocycles. The molecule has 1 N–H and O–H groups in total. The van der Waals surface area contributed by atoms with E-state index in [9.17, 15) is 4.39 Å². The topological polar surface area (TPSA) is 21.3 Å². The molecule has 1 aromatic rings. The van der Waals surface area contributed by atoms with Crippen LogP contribution in [-0.2, 0) is 4.74 Å². The molecule has 0 unspecified atom stereocenters. The smallest absolute Gasteiger partial charge is 0.141 e. The van der Waals surface area contributed by atoms with Gasteiger partial charge in [0.2, 0.25) is 0 Å². The van der Waals surface area contributed by atoms with Gasteiger partial charge in [0.15, 0.2) is 0 Å². The average Bonchev–Trinajstić information content (AvgIpc) is 2.16. The van der Waals surface area contributed by atoms with Crippen molar-refractivity contribution >= 4 is 17.3 Å². The fraction of sp³-hybridized carbons (Fsp3) is 0.455. The van der Waals surface area contributed by atoms with E-state index >= 15 is 0 Å². The Morgan fingerprint density at radius 3 is 2.80 bits per heavy atom. The molecule has 0 radical (unpaired) electrons. The highest BCUT2D eigenvalue weighted by atomic mass is 35.5. The Bertz CT molecular complexity index is 352. The predicted octanol–water partition coefficient (Wildman–Crippen LogP) is 3.07. The van der Waals surface area contributed by atoms with Gasteiger partial charge >= 0.3 is 0 Å². The highest BCUT2D eigenvalue weighted by Gasteiger charge is 2.28. The molecule has 2 rings (SSSR count). The molecule has 0 saturated heterocycles. The minimum atomic E-state index is -0.384. The van der Waals surface area contributed by atoms with Gasteiger partial charge in [-0.15, -0.1) is 0 Å². The van der Waals surface area contributed by atoms with Crippen molar-refractivity contribution in [3.63, 3.8) is 0 Å². The first-order valence-electron chi connectivity index (χ1n) is 4.93. The lowest BCUT2D eigenvalue weighted by Gasteiger charge is -2.35. The Morgan fingerprint density at radius 2 is 2.20 bits per heavy atom. The Morgan fingerprint density at radius 1 is 1.47 bits per heavy atom. The van der Waals surface area contributed by atoms with Crippen LogP contribution in [0, 0.1) is 5.82 Å². The van der Waals surface area contributed by atoms with Gasteiger partial charge in [0, 0.05) is 18.8 Å². The van der Waals surface area contributed by atoms with Crippen LogP contribution < -0.4 is 5.32 Å². The fourth-order valence-corrected chi connectivity index (χ4v) is 1.88. The number of nitrogens with one attached hydrogen (secondary N) is 1. The quantitative estimate of drug-likeness (QED) is 0.860. The number of hydrogen-bond donors (Lipinski definition) is 1. The van der Waals surface area contributed by atoms with Crippen LogP contribution in [0.3, 0.4) is 0 Å². The van der Waals surface area contributed by atoms with Gasteiger partial charge in [-0.05, 0) is 31.0 Å². The van der Waals surface area contributed by atoms with Crippen LogP contribution in [-0.4, -0.2) is 19.3 Å². The molecular weight excluding hydrogens is 217 g/mol. The zero-order valence-corrected chi connectivity index (χ0v) is 9.22. The molecular formula is C11H13ClFNO. The molecule has 4 heteroatoms. The SMILES string of the molecule is COC1CC(Nc2ccc(F)c(Cl)c2)C1. The number of benzene rings is 1. The molecule has 0 heterocycles. The maximum absolute atomic E-state index is 12.9. The summed E-state index contributed by atoms with van der Waals surface area (Å²) >= 11 is 5.67. The summed E-state index contributed by atoms with van der Waals surface area (Å²) in [7, 11) is 1.72. The molecule has 0 bridgehead atoms. The molecule has 0 aromatic heterocycles. The maximum Gasteiger partial charge on any atom is 0.141 e. The van der Waals surface area contributed by atoms with Crippen molar-refractivity contribution in [1.82, 2.24) is 0 Å². The summed E-state index contributed by atoms with van der Waals surface area (Å²) in [5, 5.41) is 3.43. The van der Waals surface area contributed by atoms with Crippen molar-refractivity contribution in [2.24, 2.45) is 0 Å². The molecule has 1 aromatic carbocycles. The van der Waals surface area contributed by atoms with Gasteiger partial charge in [-0.1, -0.05) is 11.6 Å². The second-order valence-electron chi connectivity index (χ2n) is 3.80. The van der Waals surface area contributed by atoms with Gasteiger partial charge in [0.1, 0.15) is 5.82 Å².